The number of nitrogens with two attached hydrogens (primary N) is 1. The van der Waals surface area contributed by atoms with Crippen LogP contribution in [0.3, 0.4) is 0 Å². The van der Waals surface area contributed by atoms with Crippen LogP contribution in [0.2, 0.25) is 0 Å². The quantitative estimate of drug-likeness (QED) is 0.321. The Morgan fingerprint density at radius 3 is 2.64 bits per heavy atom. The van der Waals surface area contributed by atoms with Crippen LogP contribution < -0.4 is 11.1 Å². The molecule has 0 aromatic heterocycles. The highest BCUT2D eigenvalue weighted by atomic mass is 32.1. The number of nitrogens with one attached hydrogen (secondary N) is 1. The average Bonchev–Trinajstić information content (AvgIpc) is 2.73. The number of rotatable bonds is 5. The minimum atomic E-state index is 0.345. The van der Waals surface area contributed by atoms with E-state index >= 15 is 0 Å². The Hall–Kier alpha value is -2.56. The second kappa shape index (κ2) is 8.63. The van der Waals surface area contributed by atoms with Crippen LogP contribution in [0.5, 0.6) is 0 Å². The van der Waals surface area contributed by atoms with Crippen molar-refractivity contribution in [3.8, 4) is 0 Å². The van der Waals surface area contributed by atoms with E-state index in [1.807, 2.05) is 24.3 Å². The summed E-state index contributed by atoms with van der Waals surface area (Å²) in [7, 11) is 0. The van der Waals surface area contributed by atoms with E-state index in [-0.39, 0.29) is 0 Å². The predicted octanol–water partition coefficient (Wildman–Crippen LogP) is 5.18. The number of benzene rings is 3. The molecule has 1 atom stereocenters. The molecule has 0 radical (unpaired) electrons. The highest BCUT2D eigenvalue weighted by Crippen LogP contribution is 2.33. The molecule has 1 aliphatic rings. The molecule has 0 fully saturated rings. The third-order valence-electron chi connectivity index (χ3n) is 5.27. The summed E-state index contributed by atoms with van der Waals surface area (Å²) >= 11 is 4.49. The summed E-state index contributed by atoms with van der Waals surface area (Å²) in [6.07, 6.45) is 3.47. The van der Waals surface area contributed by atoms with E-state index in [9.17, 15) is 0 Å². The molecule has 3 aromatic carbocycles. The first-order chi connectivity index (χ1) is 13.7. The molecule has 3 nitrogen and oxygen atoms in total. The van der Waals surface area contributed by atoms with Crippen LogP contribution in [0.15, 0.2) is 82.7 Å². The van der Waals surface area contributed by atoms with Gasteiger partial charge in [0.2, 0.25) is 0 Å². The van der Waals surface area contributed by atoms with Crippen molar-refractivity contribution in [2.24, 2.45) is 10.7 Å². The number of fused-ring (bicyclic) bond motifs is 1. The second-order valence-corrected chi connectivity index (χ2v) is 7.69. The number of thiol groups is 1. The molecule has 3 aromatic rings. The van der Waals surface area contributed by atoms with Gasteiger partial charge in [0.1, 0.15) is 5.84 Å². The maximum absolute atomic E-state index is 6.26. The van der Waals surface area contributed by atoms with Crippen molar-refractivity contribution in [2.45, 2.75) is 36.7 Å². The Kier molecular flexibility index (Phi) is 5.79. The van der Waals surface area contributed by atoms with Crippen molar-refractivity contribution in [1.29, 1.82) is 0 Å². The van der Waals surface area contributed by atoms with Crippen LogP contribution in [-0.4, -0.2) is 5.84 Å². The summed E-state index contributed by atoms with van der Waals surface area (Å²) < 4.78 is 0. The molecule has 1 unspecified atom stereocenters. The summed E-state index contributed by atoms with van der Waals surface area (Å²) in [5.41, 5.74) is 12.1. The molecule has 0 saturated carbocycles. The number of aryl methyl sites for hydroxylation is 1. The van der Waals surface area contributed by atoms with Gasteiger partial charge >= 0.3 is 0 Å². The third-order valence-corrected chi connectivity index (χ3v) is 5.66. The first-order valence-electron chi connectivity index (χ1n) is 9.73. The fraction of sp³-hybridized carbons (Fsp3) is 0.208. The fourth-order valence-corrected chi connectivity index (χ4v) is 4.07. The van der Waals surface area contributed by atoms with Gasteiger partial charge in [-0.25, -0.2) is 4.99 Å². The lowest BCUT2D eigenvalue weighted by Gasteiger charge is -2.27. The molecule has 1 aliphatic carbocycles. The van der Waals surface area contributed by atoms with Gasteiger partial charge in [0.15, 0.2) is 0 Å². The molecule has 4 heteroatoms. The number of amidine groups is 1. The van der Waals surface area contributed by atoms with Crippen molar-refractivity contribution in [3.63, 3.8) is 0 Å². The zero-order chi connectivity index (χ0) is 19.3. The van der Waals surface area contributed by atoms with Crippen LogP contribution in [0, 0.1) is 0 Å². The number of hydrogen-bond acceptors (Lipinski definition) is 3. The summed E-state index contributed by atoms with van der Waals surface area (Å²) in [5, 5.41) is 3.72. The van der Waals surface area contributed by atoms with Gasteiger partial charge in [-0.15, -0.1) is 12.6 Å². The average molecular weight is 388 g/mol. The minimum absolute atomic E-state index is 0.345. The largest absolute Gasteiger partial charge is 0.383 e. The fourth-order valence-electron chi connectivity index (χ4n) is 3.79. The molecule has 0 heterocycles. The van der Waals surface area contributed by atoms with Crippen LogP contribution in [0.4, 0.5) is 5.69 Å². The monoisotopic (exact) mass is 387 g/mol. The number of hydrogen-bond donors (Lipinski definition) is 3. The smallest absolute Gasteiger partial charge is 0.132 e. The maximum atomic E-state index is 6.26. The lowest BCUT2D eigenvalue weighted by molar-refractivity contribution is 0.459. The summed E-state index contributed by atoms with van der Waals surface area (Å²) in [4.78, 5) is 5.51. The van der Waals surface area contributed by atoms with Crippen molar-refractivity contribution in [1.82, 2.24) is 5.32 Å². The van der Waals surface area contributed by atoms with E-state index in [0.717, 1.165) is 35.5 Å². The Morgan fingerprint density at radius 1 is 1.04 bits per heavy atom. The van der Waals surface area contributed by atoms with Crippen molar-refractivity contribution in [3.05, 3.63) is 95.1 Å². The molecule has 28 heavy (non-hydrogen) atoms. The topological polar surface area (TPSA) is 50.4 Å². The number of nitrogens with zero attached hydrogens (tertiary/aromatic N) is 1. The SMILES string of the molecule is NC(=Nc1ccc2c(c1)C(NCc1ccccc1)CCC2)c1ccccc1S. The van der Waals surface area contributed by atoms with Crippen LogP contribution in [0.25, 0.3) is 0 Å². The van der Waals surface area contributed by atoms with Crippen molar-refractivity contribution in [2.75, 3.05) is 0 Å². The Labute approximate surface area is 172 Å². The zero-order valence-corrected chi connectivity index (χ0v) is 16.7. The predicted molar refractivity (Wildman–Crippen MR) is 119 cm³/mol. The standard InChI is InChI=1S/C24H25N3S/c25-24(20-10-4-5-12-23(20)28)27-19-14-13-18-9-6-11-22(21(18)15-19)26-16-17-7-2-1-3-8-17/h1-5,7-8,10,12-15,22,26,28H,6,9,11,16H2,(H2,25,27). The van der Waals surface area contributed by atoms with E-state index in [2.05, 4.69) is 71.5 Å². The molecule has 4 rings (SSSR count). The van der Waals surface area contributed by atoms with Crippen LogP contribution >= 0.6 is 12.6 Å². The maximum Gasteiger partial charge on any atom is 0.132 e. The summed E-state index contributed by atoms with van der Waals surface area (Å²) in [6, 6.07) is 25.1. The van der Waals surface area contributed by atoms with Gasteiger partial charge in [-0.2, -0.15) is 0 Å². The molecule has 0 bridgehead atoms. The van der Waals surface area contributed by atoms with E-state index in [1.165, 1.54) is 23.1 Å². The molecule has 0 saturated heterocycles. The zero-order valence-electron chi connectivity index (χ0n) is 15.8. The van der Waals surface area contributed by atoms with E-state index in [1.54, 1.807) is 0 Å². The Morgan fingerprint density at radius 2 is 1.82 bits per heavy atom. The van der Waals surface area contributed by atoms with Gasteiger partial charge in [-0.3, -0.25) is 0 Å². The molecule has 0 spiro atoms. The van der Waals surface area contributed by atoms with Gasteiger partial charge in [-0.1, -0.05) is 54.6 Å². The van der Waals surface area contributed by atoms with Crippen molar-refractivity contribution >= 4 is 24.2 Å². The minimum Gasteiger partial charge on any atom is -0.383 e. The lowest BCUT2D eigenvalue weighted by Crippen LogP contribution is -2.24. The highest BCUT2D eigenvalue weighted by Gasteiger charge is 2.20. The van der Waals surface area contributed by atoms with Crippen molar-refractivity contribution < 1.29 is 0 Å². The van der Waals surface area contributed by atoms with E-state index in [4.69, 9.17) is 5.73 Å². The van der Waals surface area contributed by atoms with E-state index < -0.39 is 0 Å². The van der Waals surface area contributed by atoms with Gasteiger partial charge < -0.3 is 11.1 Å². The third kappa shape index (κ3) is 4.29. The van der Waals surface area contributed by atoms with Gasteiger partial charge in [-0.05, 0) is 54.2 Å². The normalized spacial score (nSPS) is 16.6. The molecular weight excluding hydrogens is 362 g/mol. The number of aliphatic imine (C=N–C) groups is 1. The van der Waals surface area contributed by atoms with Gasteiger partial charge in [0, 0.05) is 23.0 Å². The van der Waals surface area contributed by atoms with Gasteiger partial charge in [0.25, 0.3) is 0 Å². The lowest BCUT2D eigenvalue weighted by atomic mass is 9.87. The summed E-state index contributed by atoms with van der Waals surface area (Å²) in [6.45, 7) is 0.869. The Balaban J connectivity index is 1.57. The van der Waals surface area contributed by atoms with E-state index in [0.29, 0.717) is 11.9 Å². The second-order valence-electron chi connectivity index (χ2n) is 7.21. The molecule has 0 aliphatic heterocycles. The molecular formula is C24H25N3S. The molecule has 0 amide bonds. The first-order valence-corrected chi connectivity index (χ1v) is 10.2. The molecule has 3 N–H and O–H groups in total. The highest BCUT2D eigenvalue weighted by molar-refractivity contribution is 7.80. The Bertz CT molecular complexity index is 982. The van der Waals surface area contributed by atoms with Gasteiger partial charge in [0.05, 0.1) is 5.69 Å². The molecule has 142 valence electrons. The van der Waals surface area contributed by atoms with Crippen LogP contribution in [-0.2, 0) is 13.0 Å². The summed E-state index contributed by atoms with van der Waals surface area (Å²) in [5.74, 6) is 0.496. The van der Waals surface area contributed by atoms with Crippen LogP contribution in [0.1, 0.15) is 41.1 Å². The first kappa shape index (κ1) is 18.8.